The zero-order valence-corrected chi connectivity index (χ0v) is 17.1. The Morgan fingerprint density at radius 3 is 2.36 bits per heavy atom. The molecule has 0 fully saturated rings. The molecule has 132 valence electrons. The molecule has 0 aliphatic heterocycles. The Morgan fingerprint density at radius 2 is 1.76 bits per heavy atom. The third kappa shape index (κ3) is 4.82. The van der Waals surface area contributed by atoms with Gasteiger partial charge in [0.15, 0.2) is 4.80 Å². The van der Waals surface area contributed by atoms with E-state index >= 15 is 0 Å². The van der Waals surface area contributed by atoms with Crippen LogP contribution in [-0.4, -0.2) is 16.3 Å². The lowest BCUT2D eigenvalue weighted by molar-refractivity contribution is 0.275. The highest BCUT2D eigenvalue weighted by atomic mass is 79.9. The Kier molecular flexibility index (Phi) is 7.44. The molecule has 3 aromatic rings. The van der Waals surface area contributed by atoms with E-state index in [9.17, 15) is 5.11 Å². The van der Waals surface area contributed by atoms with Crippen LogP contribution < -0.4 is 4.80 Å². The highest BCUT2D eigenvalue weighted by Gasteiger charge is 2.08. The van der Waals surface area contributed by atoms with Crippen molar-refractivity contribution in [1.29, 1.82) is 0 Å². The maximum absolute atomic E-state index is 9.43. The van der Waals surface area contributed by atoms with E-state index in [-0.39, 0.29) is 23.6 Å². The van der Waals surface area contributed by atoms with Crippen molar-refractivity contribution in [1.82, 2.24) is 4.57 Å². The van der Waals surface area contributed by atoms with Crippen molar-refractivity contribution in [2.45, 2.75) is 19.9 Å². The molecule has 3 nitrogen and oxygen atoms in total. The van der Waals surface area contributed by atoms with Gasteiger partial charge in [0.25, 0.3) is 0 Å². The van der Waals surface area contributed by atoms with E-state index in [1.165, 1.54) is 5.56 Å². The van der Waals surface area contributed by atoms with Crippen LogP contribution in [0.4, 0.5) is 5.69 Å². The van der Waals surface area contributed by atoms with Gasteiger partial charge < -0.3 is 9.67 Å². The molecule has 3 rings (SSSR count). The average Bonchev–Trinajstić information content (AvgIpc) is 2.99. The van der Waals surface area contributed by atoms with Gasteiger partial charge in [-0.2, -0.15) is 0 Å². The first-order valence-electron chi connectivity index (χ1n) is 7.90. The highest BCUT2D eigenvalue weighted by Crippen LogP contribution is 2.23. The maximum atomic E-state index is 9.43. The van der Waals surface area contributed by atoms with Crippen LogP contribution in [0.3, 0.4) is 0 Å². The monoisotopic (exact) mass is 438 g/mol. The molecule has 1 N–H and O–H groups in total. The zero-order chi connectivity index (χ0) is 16.9. The number of nitrogens with zero attached hydrogens (tertiary/aromatic N) is 2. The van der Waals surface area contributed by atoms with Crippen LogP contribution in [0.15, 0.2) is 58.9 Å². The fourth-order valence-electron chi connectivity index (χ4n) is 2.50. The predicted molar refractivity (Wildman–Crippen MR) is 111 cm³/mol. The van der Waals surface area contributed by atoms with Crippen molar-refractivity contribution in [3.63, 3.8) is 0 Å². The van der Waals surface area contributed by atoms with Gasteiger partial charge in [0.05, 0.1) is 18.0 Å². The van der Waals surface area contributed by atoms with Crippen LogP contribution in [0.25, 0.3) is 11.3 Å². The second kappa shape index (κ2) is 9.34. The number of thiazole rings is 1. The molecule has 0 aliphatic carbocycles. The van der Waals surface area contributed by atoms with Crippen LogP contribution in [0.1, 0.15) is 12.5 Å². The maximum Gasteiger partial charge on any atom is 0.190 e. The number of hydrogen-bond donors (Lipinski definition) is 1. The second-order valence-corrected chi connectivity index (χ2v) is 6.69. The Hall–Kier alpha value is -1.40. The fourth-order valence-corrected chi connectivity index (χ4v) is 3.58. The summed E-state index contributed by atoms with van der Waals surface area (Å²) in [6.45, 7) is 2.71. The zero-order valence-electron chi connectivity index (χ0n) is 13.9. The van der Waals surface area contributed by atoms with E-state index in [4.69, 9.17) is 16.6 Å². The fraction of sp³-hybridized carbons (Fsp3) is 0.211. The summed E-state index contributed by atoms with van der Waals surface area (Å²) < 4.78 is 2.04. The highest BCUT2D eigenvalue weighted by molar-refractivity contribution is 8.93. The van der Waals surface area contributed by atoms with Gasteiger partial charge in [-0.05, 0) is 41.8 Å². The summed E-state index contributed by atoms with van der Waals surface area (Å²) in [4.78, 5) is 5.62. The van der Waals surface area contributed by atoms with Gasteiger partial charge in [-0.15, -0.1) is 28.3 Å². The molecule has 0 unspecified atom stereocenters. The number of hydrogen-bond acceptors (Lipinski definition) is 3. The van der Waals surface area contributed by atoms with Crippen molar-refractivity contribution < 1.29 is 5.11 Å². The number of rotatable bonds is 5. The number of aliphatic hydroxyl groups excluding tert-OH is 1. The van der Waals surface area contributed by atoms with Gasteiger partial charge in [0, 0.05) is 16.9 Å². The van der Waals surface area contributed by atoms with Crippen molar-refractivity contribution in [3.8, 4) is 11.3 Å². The topological polar surface area (TPSA) is 37.5 Å². The SMILES string of the molecule is Br.CCc1ccc(N=c2scc(-c3ccc(Cl)cc3)n2CCO)cc1. The van der Waals surface area contributed by atoms with Gasteiger partial charge in [-0.3, -0.25) is 0 Å². The van der Waals surface area contributed by atoms with Crippen LogP contribution in [0, 0.1) is 0 Å². The van der Waals surface area contributed by atoms with Crippen molar-refractivity contribution in [2.75, 3.05) is 6.61 Å². The number of aryl methyl sites for hydroxylation is 1. The predicted octanol–water partition coefficient (Wildman–Crippen LogP) is 5.24. The first-order valence-corrected chi connectivity index (χ1v) is 9.16. The lowest BCUT2D eigenvalue weighted by atomic mass is 10.1. The van der Waals surface area contributed by atoms with Gasteiger partial charge in [0.2, 0.25) is 0 Å². The largest absolute Gasteiger partial charge is 0.395 e. The van der Waals surface area contributed by atoms with Crippen LogP contribution >= 0.6 is 39.9 Å². The molecule has 0 amide bonds. The third-order valence-corrected chi connectivity index (χ3v) is 4.95. The van der Waals surface area contributed by atoms with Crippen LogP contribution in [0.5, 0.6) is 0 Å². The first-order chi connectivity index (χ1) is 11.7. The lowest BCUT2D eigenvalue weighted by Gasteiger charge is -2.07. The summed E-state index contributed by atoms with van der Waals surface area (Å²) >= 11 is 7.55. The van der Waals surface area contributed by atoms with Gasteiger partial charge in [0.1, 0.15) is 0 Å². The number of aliphatic hydroxyl groups is 1. The summed E-state index contributed by atoms with van der Waals surface area (Å²) in [6, 6.07) is 16.0. The van der Waals surface area contributed by atoms with E-state index in [1.807, 2.05) is 41.0 Å². The molecule has 0 aliphatic rings. The van der Waals surface area contributed by atoms with Crippen molar-refractivity contribution in [2.24, 2.45) is 4.99 Å². The molecule has 25 heavy (non-hydrogen) atoms. The molecule has 1 aromatic heterocycles. The van der Waals surface area contributed by atoms with Gasteiger partial charge in [-0.25, -0.2) is 4.99 Å². The van der Waals surface area contributed by atoms with Crippen molar-refractivity contribution in [3.05, 3.63) is 69.3 Å². The van der Waals surface area contributed by atoms with Crippen molar-refractivity contribution >= 4 is 45.6 Å². The second-order valence-electron chi connectivity index (χ2n) is 5.42. The van der Waals surface area contributed by atoms with E-state index in [0.29, 0.717) is 11.6 Å². The Morgan fingerprint density at radius 1 is 1.08 bits per heavy atom. The molecule has 6 heteroatoms. The molecule has 0 saturated carbocycles. The quantitative estimate of drug-likeness (QED) is 0.580. The van der Waals surface area contributed by atoms with Crippen LogP contribution in [-0.2, 0) is 13.0 Å². The Balaban J connectivity index is 0.00000225. The minimum absolute atomic E-state index is 0. The average molecular weight is 440 g/mol. The lowest BCUT2D eigenvalue weighted by Crippen LogP contribution is -2.17. The van der Waals surface area contributed by atoms with Gasteiger partial charge >= 0.3 is 0 Å². The summed E-state index contributed by atoms with van der Waals surface area (Å²) in [5.41, 5.74) is 4.31. The molecule has 0 spiro atoms. The summed E-state index contributed by atoms with van der Waals surface area (Å²) in [5, 5.41) is 12.2. The summed E-state index contributed by atoms with van der Waals surface area (Å²) in [6.07, 6.45) is 1.02. The van der Waals surface area contributed by atoms with Crippen LogP contribution in [0.2, 0.25) is 5.02 Å². The smallest absolute Gasteiger partial charge is 0.190 e. The van der Waals surface area contributed by atoms with E-state index < -0.39 is 0 Å². The Bertz CT molecular complexity index is 870. The minimum atomic E-state index is 0. The van der Waals surface area contributed by atoms with Gasteiger partial charge in [-0.1, -0.05) is 42.8 Å². The van der Waals surface area contributed by atoms with E-state index in [2.05, 4.69) is 24.4 Å². The molecule has 0 radical (unpaired) electrons. The standard InChI is InChI=1S/C19H19ClN2OS.BrH/c1-2-14-3-9-17(10-4-14)21-19-22(11-12-23)18(13-24-19)15-5-7-16(20)8-6-15;/h3-10,13,23H,2,11-12H2,1H3;1H. The Labute approximate surface area is 167 Å². The normalized spacial score (nSPS) is 11.4. The third-order valence-electron chi connectivity index (χ3n) is 3.83. The van der Waals surface area contributed by atoms with E-state index in [0.717, 1.165) is 28.2 Å². The molecule has 0 bridgehead atoms. The molecule has 0 atom stereocenters. The minimum Gasteiger partial charge on any atom is -0.395 e. The number of halogens is 2. The molecular weight excluding hydrogens is 420 g/mol. The number of aromatic nitrogens is 1. The number of benzene rings is 2. The molecule has 2 aromatic carbocycles. The first kappa shape index (κ1) is 19.9. The summed E-state index contributed by atoms with van der Waals surface area (Å²) in [5.74, 6) is 0. The summed E-state index contributed by atoms with van der Waals surface area (Å²) in [7, 11) is 0. The molecular formula is C19H20BrClN2OS. The van der Waals surface area contributed by atoms with E-state index in [1.54, 1.807) is 11.3 Å². The molecule has 0 saturated heterocycles. The molecule has 1 heterocycles.